The van der Waals surface area contributed by atoms with Gasteiger partial charge in [-0.3, -0.25) is 14.2 Å². The number of aromatic nitrogens is 4. The minimum atomic E-state index is -3.31. The van der Waals surface area contributed by atoms with Crippen LogP contribution in [0.1, 0.15) is 10.4 Å². The average molecular weight is 454 g/mol. The highest BCUT2D eigenvalue weighted by molar-refractivity contribution is 7.08. The molecule has 0 aliphatic carbocycles. The first-order chi connectivity index (χ1) is 14.8. The van der Waals surface area contributed by atoms with E-state index in [-0.39, 0.29) is 24.1 Å². The third-order valence-corrected chi connectivity index (χ3v) is 5.37. The molecule has 0 bridgehead atoms. The third kappa shape index (κ3) is 3.81. The normalized spacial score (nSPS) is 15.2. The molecule has 1 atom stereocenters. The van der Waals surface area contributed by atoms with E-state index in [0.29, 0.717) is 10.9 Å². The molecule has 162 valence electrons. The molecule has 4 rings (SSSR count). The van der Waals surface area contributed by atoms with E-state index < -0.39 is 41.5 Å². The summed E-state index contributed by atoms with van der Waals surface area (Å²) in [7, 11) is 0. The number of carboxylic acids is 1. The molecule has 0 radical (unpaired) electrons. The first-order valence-electron chi connectivity index (χ1n) is 8.80. The minimum Gasteiger partial charge on any atom is -0.477 e. The molecule has 14 heteroatoms. The van der Waals surface area contributed by atoms with E-state index in [1.54, 1.807) is 10.2 Å². The van der Waals surface area contributed by atoms with Crippen molar-refractivity contribution in [3.8, 4) is 5.13 Å². The molecule has 1 aliphatic rings. The number of carbonyl (C=O) groups is 2. The number of pyridine rings is 2. The fourth-order valence-corrected chi connectivity index (χ4v) is 3.60. The predicted octanol–water partition coefficient (Wildman–Crippen LogP) is 1.05. The second kappa shape index (κ2) is 7.94. The highest BCUT2D eigenvalue weighted by atomic mass is 32.1. The lowest BCUT2D eigenvalue weighted by Gasteiger charge is -2.39. The maximum Gasteiger partial charge on any atom is 0.341 e. The van der Waals surface area contributed by atoms with Gasteiger partial charge in [0.2, 0.25) is 22.8 Å². The zero-order chi connectivity index (χ0) is 22.3. The number of anilines is 1. The van der Waals surface area contributed by atoms with Gasteiger partial charge in [0.15, 0.2) is 5.65 Å². The van der Waals surface area contributed by atoms with Gasteiger partial charge in [-0.2, -0.15) is 4.37 Å². The smallest absolute Gasteiger partial charge is 0.341 e. The lowest BCUT2D eigenvalue weighted by atomic mass is 9.99. The third-order valence-electron chi connectivity index (χ3n) is 4.70. The van der Waals surface area contributed by atoms with Gasteiger partial charge in [-0.25, -0.2) is 27.9 Å². The molecule has 1 saturated heterocycles. The Balaban J connectivity index is 1.64. The Morgan fingerprint density at radius 3 is 2.61 bits per heavy atom. The van der Waals surface area contributed by atoms with Crippen LogP contribution >= 0.6 is 11.5 Å². The number of hydrogen-bond donors (Lipinski definition) is 2. The maximum absolute atomic E-state index is 13.0. The number of fused-ring (bicyclic) bond motifs is 1. The molecular weight excluding hydrogens is 441 g/mol. The molecule has 4 heterocycles. The van der Waals surface area contributed by atoms with Crippen molar-refractivity contribution >= 4 is 40.3 Å². The molecule has 0 spiro atoms. The number of carbonyl (C=O) groups excluding carboxylic acids is 1. The van der Waals surface area contributed by atoms with Gasteiger partial charge in [0.05, 0.1) is 11.3 Å². The van der Waals surface area contributed by atoms with E-state index in [4.69, 9.17) is 0 Å². The quantitative estimate of drug-likeness (QED) is 0.529. The number of halogens is 3. The molecule has 1 unspecified atom stereocenters. The van der Waals surface area contributed by atoms with E-state index in [2.05, 4.69) is 14.3 Å². The molecule has 1 aliphatic heterocycles. The van der Waals surface area contributed by atoms with E-state index in [1.165, 1.54) is 23.0 Å². The summed E-state index contributed by atoms with van der Waals surface area (Å²) < 4.78 is 42.7. The summed E-state index contributed by atoms with van der Waals surface area (Å²) in [6, 6.07) is 2.89. The van der Waals surface area contributed by atoms with Gasteiger partial charge in [-0.15, -0.1) is 0 Å². The van der Waals surface area contributed by atoms with E-state index >= 15 is 0 Å². The van der Waals surface area contributed by atoms with Crippen LogP contribution in [-0.4, -0.2) is 61.7 Å². The molecule has 10 nitrogen and oxygen atoms in total. The van der Waals surface area contributed by atoms with Gasteiger partial charge in [-0.05, 0) is 12.1 Å². The van der Waals surface area contributed by atoms with Crippen molar-refractivity contribution < 1.29 is 27.9 Å². The van der Waals surface area contributed by atoms with Crippen LogP contribution in [0.25, 0.3) is 16.2 Å². The molecule has 0 saturated carbocycles. The van der Waals surface area contributed by atoms with Gasteiger partial charge in [-0.1, -0.05) is 0 Å². The van der Waals surface area contributed by atoms with Crippen molar-refractivity contribution in [2.24, 2.45) is 5.92 Å². The number of alkyl halides is 3. The topological polar surface area (TPSA) is 130 Å². The predicted molar refractivity (Wildman–Crippen MR) is 103 cm³/mol. The largest absolute Gasteiger partial charge is 0.477 e. The number of nitrogens with one attached hydrogen (secondary N) is 1. The van der Waals surface area contributed by atoms with Gasteiger partial charge in [0.25, 0.3) is 6.43 Å². The van der Waals surface area contributed by atoms with Crippen molar-refractivity contribution in [2.75, 3.05) is 18.0 Å². The summed E-state index contributed by atoms with van der Waals surface area (Å²) in [4.78, 5) is 45.9. The Bertz CT molecular complexity index is 1210. The number of hydrogen-bond acceptors (Lipinski definition) is 8. The molecule has 31 heavy (non-hydrogen) atoms. The fraction of sp³-hybridized carbons (Fsp3) is 0.294. The van der Waals surface area contributed by atoms with Gasteiger partial charge in [0.1, 0.15) is 17.7 Å². The number of amides is 1. The molecule has 0 aromatic carbocycles. The SMILES string of the molecule is O=C(O)c1cn(-c2ncns2)c2nc(N3CC(C(=O)NC(F)C(F)F)C3)ccc2c1=O. The van der Waals surface area contributed by atoms with Crippen LogP contribution in [0.4, 0.5) is 19.0 Å². The maximum atomic E-state index is 13.0. The van der Waals surface area contributed by atoms with Crippen LogP contribution < -0.4 is 15.6 Å². The first-order valence-corrected chi connectivity index (χ1v) is 9.58. The average Bonchev–Trinajstić information content (AvgIpc) is 3.21. The lowest BCUT2D eigenvalue weighted by molar-refractivity contribution is -0.129. The van der Waals surface area contributed by atoms with Crippen LogP contribution in [0.2, 0.25) is 0 Å². The van der Waals surface area contributed by atoms with Gasteiger partial charge in [0, 0.05) is 30.8 Å². The number of aromatic carboxylic acids is 1. The molecule has 2 N–H and O–H groups in total. The standard InChI is InChI=1S/C17H13F3N6O4S/c18-12(19)13(20)24-15(28)7-3-25(4-7)10-2-1-8-11(27)9(16(29)30)5-26(14(8)23-10)17-21-6-22-31-17/h1-2,5-7,12-13H,3-4H2,(H,24,28)(H,29,30). The number of carboxylic acid groups (broad SMARTS) is 1. The highest BCUT2D eigenvalue weighted by Crippen LogP contribution is 2.26. The van der Waals surface area contributed by atoms with Crippen molar-refractivity contribution in [3.63, 3.8) is 0 Å². The summed E-state index contributed by atoms with van der Waals surface area (Å²) in [6.07, 6.45) is -3.66. The lowest BCUT2D eigenvalue weighted by Crippen LogP contribution is -2.55. The summed E-state index contributed by atoms with van der Waals surface area (Å²) in [5.74, 6) is -2.57. The summed E-state index contributed by atoms with van der Waals surface area (Å²) in [5, 5.41) is 11.3. The van der Waals surface area contributed by atoms with Crippen molar-refractivity contribution in [1.82, 2.24) is 24.2 Å². The molecule has 3 aromatic heterocycles. The van der Waals surface area contributed by atoms with Crippen LogP contribution in [0.3, 0.4) is 0 Å². The second-order valence-corrected chi connectivity index (χ2v) is 7.42. The first kappa shape index (κ1) is 20.7. The Morgan fingerprint density at radius 2 is 2.00 bits per heavy atom. The molecule has 1 amide bonds. The van der Waals surface area contributed by atoms with Crippen LogP contribution in [-0.2, 0) is 4.79 Å². The minimum absolute atomic E-state index is 0.0471. The van der Waals surface area contributed by atoms with Crippen LogP contribution in [0, 0.1) is 5.92 Å². The Kier molecular flexibility index (Phi) is 5.31. The van der Waals surface area contributed by atoms with Crippen molar-refractivity contribution in [2.45, 2.75) is 12.7 Å². The molecular formula is C17H13F3N6O4S. The van der Waals surface area contributed by atoms with Crippen LogP contribution in [0.15, 0.2) is 29.5 Å². The van der Waals surface area contributed by atoms with Gasteiger partial charge < -0.3 is 15.3 Å². The fourth-order valence-electron chi connectivity index (χ4n) is 3.09. The van der Waals surface area contributed by atoms with Gasteiger partial charge >= 0.3 is 5.97 Å². The van der Waals surface area contributed by atoms with E-state index in [1.807, 2.05) is 0 Å². The number of nitrogens with zero attached hydrogens (tertiary/aromatic N) is 5. The van der Waals surface area contributed by atoms with Crippen molar-refractivity contribution in [3.05, 3.63) is 40.4 Å². The summed E-state index contributed by atoms with van der Waals surface area (Å²) in [5.41, 5.74) is -1.04. The Morgan fingerprint density at radius 1 is 1.26 bits per heavy atom. The summed E-state index contributed by atoms with van der Waals surface area (Å²) in [6.45, 7) is 0.215. The van der Waals surface area contributed by atoms with E-state index in [9.17, 15) is 32.7 Å². The van der Waals surface area contributed by atoms with Crippen LogP contribution in [0.5, 0.6) is 0 Å². The molecule has 3 aromatic rings. The summed E-state index contributed by atoms with van der Waals surface area (Å²) >= 11 is 0.967. The van der Waals surface area contributed by atoms with E-state index in [0.717, 1.165) is 17.7 Å². The molecule has 1 fully saturated rings. The Hall–Kier alpha value is -3.55. The number of rotatable bonds is 6. The highest BCUT2D eigenvalue weighted by Gasteiger charge is 2.36. The monoisotopic (exact) mass is 454 g/mol. The zero-order valence-electron chi connectivity index (χ0n) is 15.4. The second-order valence-electron chi connectivity index (χ2n) is 6.66. The zero-order valence-corrected chi connectivity index (χ0v) is 16.2. The Labute approximate surface area is 175 Å². The van der Waals surface area contributed by atoms with Crippen molar-refractivity contribution in [1.29, 1.82) is 0 Å².